The van der Waals surface area contributed by atoms with Crippen molar-refractivity contribution in [2.45, 2.75) is 44.7 Å². The Bertz CT molecular complexity index is 629. The molecule has 2 rings (SSSR count). The number of hydrogen-bond donors (Lipinski definition) is 2. The largest absolute Gasteiger partial charge is 0.390 e. The molecule has 1 saturated heterocycles. The lowest BCUT2D eigenvalue weighted by molar-refractivity contribution is 0.136. The zero-order valence-corrected chi connectivity index (χ0v) is 14.1. The first-order chi connectivity index (χ1) is 9.67. The molecule has 0 unspecified atom stereocenters. The molecule has 1 aliphatic rings. The third kappa shape index (κ3) is 2.73. The summed E-state index contributed by atoms with van der Waals surface area (Å²) in [6.45, 7) is 8.42. The molecule has 0 amide bonds. The van der Waals surface area contributed by atoms with Crippen LogP contribution in [0.1, 0.15) is 22.3 Å². The van der Waals surface area contributed by atoms with Gasteiger partial charge in [-0.25, -0.2) is 8.42 Å². The third-order valence-corrected chi connectivity index (χ3v) is 6.71. The Balaban J connectivity index is 2.54. The molecule has 0 aromatic heterocycles. The molecular formula is C15H24N2O3S. The first kappa shape index (κ1) is 16.4. The fourth-order valence-electron chi connectivity index (χ4n) is 2.91. The van der Waals surface area contributed by atoms with E-state index in [0.29, 0.717) is 18.0 Å². The minimum Gasteiger partial charge on any atom is -0.390 e. The maximum absolute atomic E-state index is 13.0. The molecule has 0 aliphatic carbocycles. The summed E-state index contributed by atoms with van der Waals surface area (Å²) >= 11 is 0. The molecule has 0 saturated carbocycles. The van der Waals surface area contributed by atoms with E-state index in [2.05, 4.69) is 5.32 Å². The maximum atomic E-state index is 13.0. The number of sulfonamides is 1. The molecule has 1 aliphatic heterocycles. The van der Waals surface area contributed by atoms with Crippen LogP contribution in [0, 0.1) is 27.7 Å². The van der Waals surface area contributed by atoms with Crippen LogP contribution in [0.15, 0.2) is 11.0 Å². The van der Waals surface area contributed by atoms with Crippen LogP contribution in [-0.2, 0) is 10.0 Å². The van der Waals surface area contributed by atoms with E-state index in [9.17, 15) is 13.5 Å². The molecule has 1 fully saturated rings. The first-order valence-corrected chi connectivity index (χ1v) is 8.56. The fraction of sp³-hybridized carbons (Fsp3) is 0.600. The predicted octanol–water partition coefficient (Wildman–Crippen LogP) is 0.873. The average Bonchev–Trinajstić information content (AvgIpc) is 2.81. The molecular weight excluding hydrogens is 288 g/mol. The Morgan fingerprint density at radius 3 is 2.10 bits per heavy atom. The van der Waals surface area contributed by atoms with E-state index >= 15 is 0 Å². The van der Waals surface area contributed by atoms with Gasteiger partial charge >= 0.3 is 0 Å². The van der Waals surface area contributed by atoms with Gasteiger partial charge in [0.25, 0.3) is 0 Å². The van der Waals surface area contributed by atoms with E-state index in [4.69, 9.17) is 0 Å². The van der Waals surface area contributed by atoms with Crippen molar-refractivity contribution in [2.24, 2.45) is 0 Å². The SMILES string of the molecule is Cc1cc(C)c(C)c(S(=O)(=O)N(C)[C@H]2CNC[C@@H]2O)c1C. The van der Waals surface area contributed by atoms with Crippen molar-refractivity contribution < 1.29 is 13.5 Å². The summed E-state index contributed by atoms with van der Waals surface area (Å²) in [5, 5.41) is 13.0. The number of hydrogen-bond acceptors (Lipinski definition) is 4. The number of aliphatic hydroxyl groups is 1. The van der Waals surface area contributed by atoms with E-state index in [1.54, 1.807) is 7.05 Å². The van der Waals surface area contributed by atoms with Gasteiger partial charge in [0.2, 0.25) is 10.0 Å². The van der Waals surface area contributed by atoms with Crippen molar-refractivity contribution in [3.8, 4) is 0 Å². The smallest absolute Gasteiger partial charge is 0.243 e. The summed E-state index contributed by atoms with van der Waals surface area (Å²) in [6, 6.07) is 1.59. The van der Waals surface area contributed by atoms with E-state index < -0.39 is 22.2 Å². The third-order valence-electron chi connectivity index (χ3n) is 4.55. The Hall–Kier alpha value is -0.950. The Morgan fingerprint density at radius 2 is 1.67 bits per heavy atom. The summed E-state index contributed by atoms with van der Waals surface area (Å²) < 4.78 is 27.3. The van der Waals surface area contributed by atoms with Crippen LogP contribution in [0.4, 0.5) is 0 Å². The molecule has 118 valence electrons. The second-order valence-electron chi connectivity index (χ2n) is 5.90. The zero-order chi connectivity index (χ0) is 15.9. The van der Waals surface area contributed by atoms with Crippen molar-refractivity contribution in [2.75, 3.05) is 20.1 Å². The van der Waals surface area contributed by atoms with Crippen molar-refractivity contribution in [3.63, 3.8) is 0 Å². The van der Waals surface area contributed by atoms with Crippen LogP contribution in [0.5, 0.6) is 0 Å². The fourth-order valence-corrected chi connectivity index (χ4v) is 4.87. The minimum absolute atomic E-state index is 0.376. The van der Waals surface area contributed by atoms with Crippen molar-refractivity contribution in [1.29, 1.82) is 0 Å². The first-order valence-electron chi connectivity index (χ1n) is 7.12. The van der Waals surface area contributed by atoms with E-state index in [-0.39, 0.29) is 0 Å². The highest BCUT2D eigenvalue weighted by Gasteiger charge is 2.37. The van der Waals surface area contributed by atoms with Gasteiger partial charge in [0.1, 0.15) is 0 Å². The summed E-state index contributed by atoms with van der Waals surface area (Å²) in [7, 11) is -2.08. The molecule has 21 heavy (non-hydrogen) atoms. The van der Waals surface area contributed by atoms with Gasteiger partial charge < -0.3 is 10.4 Å². The predicted molar refractivity (Wildman–Crippen MR) is 83.0 cm³/mol. The standard InChI is InChI=1S/C15H24N2O3S/c1-9-6-10(2)12(4)15(11(9)3)21(19,20)17(5)13-7-16-8-14(13)18/h6,13-14,16,18H,7-8H2,1-5H3/t13-,14-/m0/s1. The van der Waals surface area contributed by atoms with Crippen LogP contribution in [0.25, 0.3) is 0 Å². The molecule has 1 aromatic rings. The van der Waals surface area contributed by atoms with Gasteiger partial charge in [-0.1, -0.05) is 6.07 Å². The monoisotopic (exact) mass is 312 g/mol. The molecule has 2 N–H and O–H groups in total. The van der Waals surface area contributed by atoms with Crippen LogP contribution >= 0.6 is 0 Å². The molecule has 6 heteroatoms. The van der Waals surface area contributed by atoms with Gasteiger partial charge in [-0.2, -0.15) is 4.31 Å². The Morgan fingerprint density at radius 1 is 1.14 bits per heavy atom. The summed E-state index contributed by atoms with van der Waals surface area (Å²) in [6.07, 6.45) is -0.670. The molecule has 1 aromatic carbocycles. The normalized spacial score (nSPS) is 23.0. The second-order valence-corrected chi connectivity index (χ2v) is 7.84. The van der Waals surface area contributed by atoms with Gasteiger partial charge in [-0.3, -0.25) is 0 Å². The molecule has 0 radical (unpaired) electrons. The van der Waals surface area contributed by atoms with Crippen molar-refractivity contribution >= 4 is 10.0 Å². The highest BCUT2D eigenvalue weighted by atomic mass is 32.2. The number of β-amino-alcohol motifs (C(OH)–C–C–N with tert-alkyl or cyclic N) is 1. The van der Waals surface area contributed by atoms with Gasteiger partial charge in [-0.15, -0.1) is 0 Å². The number of likely N-dealkylation sites (N-methyl/N-ethyl adjacent to an activating group) is 1. The summed E-state index contributed by atoms with van der Waals surface area (Å²) in [5.41, 5.74) is 3.50. The second kappa shape index (κ2) is 5.68. The molecule has 2 atom stereocenters. The van der Waals surface area contributed by atoms with Crippen LogP contribution in [0.3, 0.4) is 0 Å². The van der Waals surface area contributed by atoms with Gasteiger partial charge in [0, 0.05) is 20.1 Å². The summed E-state index contributed by atoms with van der Waals surface area (Å²) in [4.78, 5) is 0.376. The molecule has 0 bridgehead atoms. The van der Waals surface area contributed by atoms with Gasteiger partial charge in [0.15, 0.2) is 0 Å². The number of nitrogens with zero attached hydrogens (tertiary/aromatic N) is 1. The molecule has 5 nitrogen and oxygen atoms in total. The van der Waals surface area contributed by atoms with E-state index in [0.717, 1.165) is 22.3 Å². The van der Waals surface area contributed by atoms with Crippen LogP contribution < -0.4 is 5.32 Å². The molecule has 1 heterocycles. The van der Waals surface area contributed by atoms with Crippen molar-refractivity contribution in [1.82, 2.24) is 9.62 Å². The highest BCUT2D eigenvalue weighted by Crippen LogP contribution is 2.29. The van der Waals surface area contributed by atoms with Crippen LogP contribution in [0.2, 0.25) is 0 Å². The Labute approximate surface area is 127 Å². The van der Waals surface area contributed by atoms with Crippen LogP contribution in [-0.4, -0.2) is 50.1 Å². The quantitative estimate of drug-likeness (QED) is 0.869. The summed E-state index contributed by atoms with van der Waals surface area (Å²) in [5.74, 6) is 0. The van der Waals surface area contributed by atoms with E-state index in [1.165, 1.54) is 4.31 Å². The van der Waals surface area contributed by atoms with Crippen molar-refractivity contribution in [3.05, 3.63) is 28.3 Å². The topological polar surface area (TPSA) is 69.6 Å². The average molecular weight is 312 g/mol. The number of aryl methyl sites for hydroxylation is 2. The maximum Gasteiger partial charge on any atom is 0.243 e. The zero-order valence-electron chi connectivity index (χ0n) is 13.3. The number of benzene rings is 1. The lowest BCUT2D eigenvalue weighted by atomic mass is 10.0. The lowest BCUT2D eigenvalue weighted by Crippen LogP contribution is -2.44. The van der Waals surface area contributed by atoms with Gasteiger partial charge in [-0.05, 0) is 49.9 Å². The molecule has 0 spiro atoms. The Kier molecular flexibility index (Phi) is 4.44. The van der Waals surface area contributed by atoms with Gasteiger partial charge in [0.05, 0.1) is 17.0 Å². The minimum atomic E-state index is -3.63. The number of aliphatic hydroxyl groups excluding tert-OH is 1. The van der Waals surface area contributed by atoms with E-state index in [1.807, 2.05) is 33.8 Å². The highest BCUT2D eigenvalue weighted by molar-refractivity contribution is 7.89. The number of nitrogens with one attached hydrogen (secondary N) is 1. The lowest BCUT2D eigenvalue weighted by Gasteiger charge is -2.28. The number of rotatable bonds is 3.